The summed E-state index contributed by atoms with van der Waals surface area (Å²) in [6.45, 7) is 1.51. The average molecular weight is 587 g/mol. The van der Waals surface area contributed by atoms with Crippen molar-refractivity contribution in [1.29, 1.82) is 5.26 Å². The number of hydrogen-bond acceptors (Lipinski definition) is 5. The Hall–Kier alpha value is -2.83. The van der Waals surface area contributed by atoms with Gasteiger partial charge in [-0.3, -0.25) is 4.79 Å². The topological polar surface area (TPSA) is 87.5 Å². The summed E-state index contributed by atoms with van der Waals surface area (Å²) in [4.78, 5) is 12.9. The maximum Gasteiger partial charge on any atom is 0.316 e. The number of rotatable bonds is 12. The zero-order chi connectivity index (χ0) is 29.6. The number of benzene rings is 2. The largest absolute Gasteiger partial charge is 0.468 e. The van der Waals surface area contributed by atoms with Crippen molar-refractivity contribution in [2.45, 2.75) is 101 Å². The van der Waals surface area contributed by atoms with E-state index in [1.807, 2.05) is 6.07 Å². The van der Waals surface area contributed by atoms with Crippen LogP contribution in [0.15, 0.2) is 42.5 Å². The summed E-state index contributed by atoms with van der Waals surface area (Å²) in [6.07, 6.45) is 8.31. The number of ether oxygens (including phenoxy) is 1. The first-order chi connectivity index (χ1) is 19.6. The van der Waals surface area contributed by atoms with Gasteiger partial charge in [0.05, 0.1) is 18.6 Å². The van der Waals surface area contributed by atoms with Crippen LogP contribution in [0.5, 0.6) is 0 Å². The Labute approximate surface area is 242 Å². The number of nitrogens with zero attached hydrogens (tertiary/aromatic N) is 2. The lowest BCUT2D eigenvalue weighted by molar-refractivity contribution is -0.154. The molecule has 4 rings (SSSR count). The molecule has 0 radical (unpaired) electrons. The Bertz CT molecular complexity index is 1350. The minimum Gasteiger partial charge on any atom is -0.468 e. The second-order valence-corrected chi connectivity index (χ2v) is 13.7. The molecule has 0 unspecified atom stereocenters. The molecule has 2 aromatic carbocycles. The number of carbonyl (C=O) groups excluding carboxylic acids is 1. The molecule has 1 saturated heterocycles. The second kappa shape index (κ2) is 13.4. The Balaban J connectivity index is 1.48. The van der Waals surface area contributed by atoms with E-state index in [1.165, 1.54) is 11.4 Å². The maximum atomic E-state index is 15.6. The van der Waals surface area contributed by atoms with Gasteiger partial charge in [-0.15, -0.1) is 0 Å². The van der Waals surface area contributed by atoms with Crippen LogP contribution in [0.1, 0.15) is 99.5 Å². The van der Waals surface area contributed by atoms with Crippen LogP contribution in [0, 0.1) is 28.9 Å². The van der Waals surface area contributed by atoms with Crippen LogP contribution in [0.2, 0.25) is 0 Å². The molecule has 0 aromatic heterocycles. The lowest BCUT2D eigenvalue weighted by Crippen LogP contribution is -2.49. The van der Waals surface area contributed by atoms with Gasteiger partial charge in [-0.1, -0.05) is 62.4 Å². The summed E-state index contributed by atoms with van der Waals surface area (Å²) in [5.41, 5.74) is -0.624. The van der Waals surface area contributed by atoms with Crippen molar-refractivity contribution in [3.8, 4) is 6.07 Å². The molecule has 0 spiro atoms. The summed E-state index contributed by atoms with van der Waals surface area (Å²) in [5, 5.41) is 7.89. The van der Waals surface area contributed by atoms with Crippen molar-refractivity contribution in [2.24, 2.45) is 5.92 Å². The number of carbonyl (C=O) groups is 1. The minimum atomic E-state index is -3.81. The highest BCUT2D eigenvalue weighted by Gasteiger charge is 2.53. The third kappa shape index (κ3) is 6.65. The maximum absolute atomic E-state index is 15.6. The van der Waals surface area contributed by atoms with Crippen LogP contribution in [-0.2, 0) is 31.5 Å². The van der Waals surface area contributed by atoms with E-state index in [9.17, 15) is 13.2 Å². The van der Waals surface area contributed by atoms with Gasteiger partial charge in [-0.25, -0.2) is 17.2 Å². The van der Waals surface area contributed by atoms with Gasteiger partial charge in [0, 0.05) is 30.1 Å². The highest BCUT2D eigenvalue weighted by molar-refractivity contribution is 7.89. The molecule has 1 aliphatic carbocycles. The lowest BCUT2D eigenvalue weighted by atomic mass is 9.57. The molecular weight excluding hydrogens is 546 g/mol. The quantitative estimate of drug-likeness (QED) is 0.196. The fourth-order valence-electron chi connectivity index (χ4n) is 6.58. The molecule has 2 fully saturated rings. The number of nitriles is 1. The molecule has 222 valence electrons. The first-order valence-electron chi connectivity index (χ1n) is 14.6. The highest BCUT2D eigenvalue weighted by Crippen LogP contribution is 2.51. The minimum absolute atomic E-state index is 0.0185. The molecule has 2 aliphatic rings. The zero-order valence-corrected chi connectivity index (χ0v) is 24.8. The number of esters is 1. The smallest absolute Gasteiger partial charge is 0.316 e. The van der Waals surface area contributed by atoms with Crippen LogP contribution >= 0.6 is 0 Å². The van der Waals surface area contributed by atoms with Gasteiger partial charge >= 0.3 is 5.97 Å². The van der Waals surface area contributed by atoms with Gasteiger partial charge in [0.1, 0.15) is 16.9 Å². The molecule has 1 saturated carbocycles. The monoisotopic (exact) mass is 586 g/mol. The lowest BCUT2D eigenvalue weighted by Gasteiger charge is -2.46. The predicted octanol–water partition coefficient (Wildman–Crippen LogP) is 7.10. The fourth-order valence-corrected chi connectivity index (χ4v) is 8.77. The summed E-state index contributed by atoms with van der Waals surface area (Å²) < 4.78 is 64.7. The van der Waals surface area contributed by atoms with E-state index in [1.54, 1.807) is 31.2 Å². The molecule has 0 N–H and O–H groups in total. The average Bonchev–Trinajstić information content (AvgIpc) is 2.93. The number of hydrogen-bond donors (Lipinski definition) is 0. The van der Waals surface area contributed by atoms with Gasteiger partial charge in [0.2, 0.25) is 10.0 Å². The van der Waals surface area contributed by atoms with Crippen molar-refractivity contribution < 1.29 is 26.7 Å². The van der Waals surface area contributed by atoms with E-state index < -0.39 is 38.3 Å². The molecule has 6 nitrogen and oxygen atoms in total. The van der Waals surface area contributed by atoms with Gasteiger partial charge in [0.25, 0.3) is 0 Å². The third-order valence-electron chi connectivity index (χ3n) is 8.93. The van der Waals surface area contributed by atoms with E-state index in [4.69, 9.17) is 10.00 Å². The van der Waals surface area contributed by atoms with Crippen molar-refractivity contribution in [2.75, 3.05) is 7.11 Å². The van der Waals surface area contributed by atoms with Crippen molar-refractivity contribution in [3.05, 3.63) is 70.8 Å². The fraction of sp³-hybridized carbons (Fsp3) is 0.562. The molecule has 1 aliphatic heterocycles. The summed E-state index contributed by atoms with van der Waals surface area (Å²) in [7, 11) is -2.56. The zero-order valence-electron chi connectivity index (χ0n) is 24.0. The normalized spacial score (nSPS) is 25.7. The SMILES string of the molecule is COC(=O)C1(c2cc(F)c(CN3[C@@H](C)CC[C@H](c4ccccc4)S3(=O)=O)cc2F)CC(CCCCCCCC#N)C1. The van der Waals surface area contributed by atoms with Crippen LogP contribution in [0.25, 0.3) is 0 Å². The second-order valence-electron chi connectivity index (χ2n) is 11.7. The number of halogens is 2. The first kappa shape index (κ1) is 31.1. The summed E-state index contributed by atoms with van der Waals surface area (Å²) in [5.74, 6) is -1.81. The summed E-state index contributed by atoms with van der Waals surface area (Å²) >= 11 is 0. The number of methoxy groups -OCH3 is 1. The molecule has 2 aromatic rings. The van der Waals surface area contributed by atoms with E-state index in [0.717, 1.165) is 50.7 Å². The molecule has 0 bridgehead atoms. The molecular formula is C32H40F2N2O4S. The standard InChI is InChI=1S/C32H40F2N2O4S/c1-23-15-16-30(25-13-9-7-10-14-25)41(38,39)36(23)22-26-18-29(34)27(19-28(26)33)32(31(37)40-2)20-24(21-32)12-8-5-3-4-6-11-17-35/h7,9-10,13-14,18-19,23-24,30H,3-6,8,11-12,15-16,20-22H2,1-2H3/t23-,24?,30+,32?/m0/s1. The first-order valence-corrected chi connectivity index (χ1v) is 16.1. The molecule has 1 heterocycles. The Morgan fingerprint density at radius 3 is 2.41 bits per heavy atom. The van der Waals surface area contributed by atoms with Crippen LogP contribution < -0.4 is 0 Å². The van der Waals surface area contributed by atoms with E-state index in [2.05, 4.69) is 6.07 Å². The predicted molar refractivity (Wildman–Crippen MR) is 153 cm³/mol. The third-order valence-corrected chi connectivity index (χ3v) is 11.3. The Morgan fingerprint density at radius 1 is 1.05 bits per heavy atom. The molecule has 41 heavy (non-hydrogen) atoms. The van der Waals surface area contributed by atoms with Crippen molar-refractivity contribution in [1.82, 2.24) is 4.31 Å². The van der Waals surface area contributed by atoms with Gasteiger partial charge < -0.3 is 4.74 Å². The van der Waals surface area contributed by atoms with Crippen LogP contribution in [0.3, 0.4) is 0 Å². The number of sulfonamides is 1. The number of unbranched alkanes of at least 4 members (excludes halogenated alkanes) is 5. The summed E-state index contributed by atoms with van der Waals surface area (Å²) in [6, 6.07) is 12.9. The van der Waals surface area contributed by atoms with Gasteiger partial charge in [-0.2, -0.15) is 9.57 Å². The Morgan fingerprint density at radius 2 is 1.73 bits per heavy atom. The van der Waals surface area contributed by atoms with E-state index in [-0.39, 0.29) is 29.6 Å². The van der Waals surface area contributed by atoms with Gasteiger partial charge in [-0.05, 0) is 62.6 Å². The van der Waals surface area contributed by atoms with Crippen LogP contribution in [-0.4, -0.2) is 31.8 Å². The highest BCUT2D eigenvalue weighted by atomic mass is 32.2. The molecule has 9 heteroatoms. The van der Waals surface area contributed by atoms with E-state index >= 15 is 8.78 Å². The van der Waals surface area contributed by atoms with Crippen molar-refractivity contribution in [3.63, 3.8) is 0 Å². The molecule has 0 amide bonds. The van der Waals surface area contributed by atoms with Crippen LogP contribution in [0.4, 0.5) is 8.78 Å². The van der Waals surface area contributed by atoms with Crippen molar-refractivity contribution >= 4 is 16.0 Å². The Kier molecular flexibility index (Phi) is 10.2. The van der Waals surface area contributed by atoms with E-state index in [0.29, 0.717) is 37.7 Å². The molecule has 2 atom stereocenters. The van der Waals surface area contributed by atoms with Gasteiger partial charge in [0.15, 0.2) is 0 Å².